The molecule has 3 heterocycles. The summed E-state index contributed by atoms with van der Waals surface area (Å²) in [6, 6.07) is 12.2. The van der Waals surface area contributed by atoms with Gasteiger partial charge in [0.1, 0.15) is 11.5 Å². The van der Waals surface area contributed by atoms with Gasteiger partial charge in [-0.3, -0.25) is 9.30 Å². The number of benzene rings is 1. The third-order valence-corrected chi connectivity index (χ3v) is 5.37. The van der Waals surface area contributed by atoms with Gasteiger partial charge in [-0.25, -0.2) is 4.68 Å². The molecule has 0 unspecified atom stereocenters. The van der Waals surface area contributed by atoms with E-state index in [-0.39, 0.29) is 6.04 Å². The lowest BCUT2D eigenvalue weighted by Gasteiger charge is -2.26. The molecule has 0 aliphatic carbocycles. The van der Waals surface area contributed by atoms with Crippen LogP contribution in [0.4, 0.5) is 0 Å². The average Bonchev–Trinajstić information content (AvgIpc) is 3.26. The topological polar surface area (TPSA) is 43.9 Å². The minimum Gasteiger partial charge on any atom is -0.497 e. The van der Waals surface area contributed by atoms with Gasteiger partial charge in [-0.15, -0.1) is 0 Å². The van der Waals surface area contributed by atoms with Crippen molar-refractivity contribution in [3.05, 3.63) is 52.9 Å². The second-order valence-electron chi connectivity index (χ2n) is 6.43. The summed E-state index contributed by atoms with van der Waals surface area (Å²) >= 11 is 5.59. The van der Waals surface area contributed by atoms with Crippen LogP contribution in [0.25, 0.3) is 5.65 Å². The molecule has 0 radical (unpaired) electrons. The normalized spacial score (nSPS) is 17.7. The Hall–Kier alpha value is -2.38. The van der Waals surface area contributed by atoms with Gasteiger partial charge in [-0.2, -0.15) is 5.10 Å². The molecule has 0 amide bonds. The van der Waals surface area contributed by atoms with Crippen molar-refractivity contribution in [3.63, 3.8) is 0 Å². The minimum atomic E-state index is 0.280. The summed E-state index contributed by atoms with van der Waals surface area (Å²) in [6.07, 6.45) is 4.18. The van der Waals surface area contributed by atoms with Gasteiger partial charge in [-0.1, -0.05) is 12.1 Å². The van der Waals surface area contributed by atoms with Gasteiger partial charge in [-0.05, 0) is 43.3 Å². The fraction of sp³-hybridized carbons (Fsp3) is 0.368. The minimum absolute atomic E-state index is 0.280. The highest BCUT2D eigenvalue weighted by Gasteiger charge is 2.29. The van der Waals surface area contributed by atoms with Crippen molar-refractivity contribution in [2.24, 2.45) is 0 Å². The van der Waals surface area contributed by atoms with Crippen LogP contribution < -0.4 is 9.47 Å². The fourth-order valence-corrected chi connectivity index (χ4v) is 3.93. The molecule has 1 atom stereocenters. The first-order valence-corrected chi connectivity index (χ1v) is 9.12. The molecule has 4 rings (SSSR count). The zero-order chi connectivity index (χ0) is 18.1. The average molecular weight is 370 g/mol. The maximum Gasteiger partial charge on any atom is 0.203 e. The van der Waals surface area contributed by atoms with Crippen LogP contribution in [0.2, 0.25) is 0 Å². The van der Waals surface area contributed by atoms with Crippen LogP contribution in [0.3, 0.4) is 0 Å². The summed E-state index contributed by atoms with van der Waals surface area (Å²) in [4.78, 5) is 2.41. The van der Waals surface area contributed by atoms with Crippen molar-refractivity contribution in [2.45, 2.75) is 25.6 Å². The number of rotatable bonds is 5. The van der Waals surface area contributed by atoms with Crippen LogP contribution in [-0.4, -0.2) is 39.8 Å². The number of hydrogen-bond donors (Lipinski definition) is 0. The van der Waals surface area contributed by atoms with E-state index in [0.717, 1.165) is 36.5 Å². The van der Waals surface area contributed by atoms with Gasteiger partial charge in [0.15, 0.2) is 5.65 Å². The molecule has 6 nitrogen and oxygen atoms in total. The Morgan fingerprint density at radius 2 is 2.08 bits per heavy atom. The molecular formula is C19H22N4O2S. The van der Waals surface area contributed by atoms with Gasteiger partial charge in [0.05, 0.1) is 20.9 Å². The predicted molar refractivity (Wildman–Crippen MR) is 102 cm³/mol. The van der Waals surface area contributed by atoms with E-state index in [1.807, 2.05) is 45.6 Å². The number of hydrogen-bond acceptors (Lipinski definition) is 5. The molecule has 1 aliphatic rings. The lowest BCUT2D eigenvalue weighted by Crippen LogP contribution is -2.27. The first kappa shape index (κ1) is 17.1. The fourth-order valence-electron chi connectivity index (χ4n) is 3.67. The highest BCUT2D eigenvalue weighted by molar-refractivity contribution is 7.71. The maximum atomic E-state index is 5.62. The number of pyridine rings is 1. The molecule has 1 aliphatic heterocycles. The molecule has 3 aromatic rings. The van der Waals surface area contributed by atoms with Crippen molar-refractivity contribution in [3.8, 4) is 11.5 Å². The monoisotopic (exact) mass is 370 g/mol. The Morgan fingerprint density at radius 1 is 1.19 bits per heavy atom. The number of aromatic nitrogens is 3. The first-order valence-electron chi connectivity index (χ1n) is 8.71. The standard InChI is InChI=1S/C19H22N4O2S/c1-24-14-8-9-15(17(12-14)25-2)16-6-5-10-21(16)13-23-19(26)22-11-4-3-7-18(22)20-23/h3-4,7-9,11-12,16H,5-6,10,13H2,1-2H3/t16-/m1/s1. The molecule has 136 valence electrons. The number of nitrogens with zero attached hydrogens (tertiary/aromatic N) is 4. The van der Waals surface area contributed by atoms with E-state index in [2.05, 4.69) is 16.1 Å². The van der Waals surface area contributed by atoms with Crippen molar-refractivity contribution < 1.29 is 9.47 Å². The molecule has 0 spiro atoms. The predicted octanol–water partition coefficient (Wildman–Crippen LogP) is 3.68. The Kier molecular flexibility index (Phi) is 4.65. The van der Waals surface area contributed by atoms with Crippen LogP contribution in [0.5, 0.6) is 11.5 Å². The molecule has 0 bridgehead atoms. The molecule has 7 heteroatoms. The van der Waals surface area contributed by atoms with Crippen molar-refractivity contribution in [2.75, 3.05) is 20.8 Å². The van der Waals surface area contributed by atoms with Gasteiger partial charge < -0.3 is 9.47 Å². The van der Waals surface area contributed by atoms with E-state index < -0.39 is 0 Å². The Morgan fingerprint density at radius 3 is 2.85 bits per heavy atom. The smallest absolute Gasteiger partial charge is 0.203 e. The van der Waals surface area contributed by atoms with E-state index >= 15 is 0 Å². The number of methoxy groups -OCH3 is 2. The van der Waals surface area contributed by atoms with E-state index in [1.165, 1.54) is 5.56 Å². The van der Waals surface area contributed by atoms with E-state index in [0.29, 0.717) is 11.4 Å². The highest BCUT2D eigenvalue weighted by Crippen LogP contribution is 2.38. The molecule has 1 fully saturated rings. The molecule has 0 saturated carbocycles. The van der Waals surface area contributed by atoms with Crippen LogP contribution in [0, 0.1) is 4.77 Å². The SMILES string of the molecule is COc1ccc([C@H]2CCCN2Cn2nc3ccccn3c2=S)c(OC)c1. The summed E-state index contributed by atoms with van der Waals surface area (Å²) in [5.74, 6) is 1.66. The van der Waals surface area contributed by atoms with E-state index in [1.54, 1.807) is 14.2 Å². The van der Waals surface area contributed by atoms with Gasteiger partial charge in [0.2, 0.25) is 4.77 Å². The number of likely N-dealkylation sites (tertiary alicyclic amines) is 1. The first-order chi connectivity index (χ1) is 12.7. The summed E-state index contributed by atoms with van der Waals surface area (Å²) in [5, 5.41) is 4.66. The zero-order valence-electron chi connectivity index (χ0n) is 15.0. The molecule has 1 saturated heterocycles. The van der Waals surface area contributed by atoms with Crippen LogP contribution >= 0.6 is 12.2 Å². The largest absolute Gasteiger partial charge is 0.497 e. The van der Waals surface area contributed by atoms with Crippen LogP contribution in [0.15, 0.2) is 42.6 Å². The van der Waals surface area contributed by atoms with Crippen LogP contribution in [-0.2, 0) is 6.67 Å². The van der Waals surface area contributed by atoms with E-state index in [4.69, 9.17) is 21.7 Å². The molecule has 1 aromatic carbocycles. The molecule has 26 heavy (non-hydrogen) atoms. The summed E-state index contributed by atoms with van der Waals surface area (Å²) in [5.41, 5.74) is 2.05. The van der Waals surface area contributed by atoms with Gasteiger partial charge in [0, 0.05) is 30.4 Å². The number of ether oxygens (including phenoxy) is 2. The lowest BCUT2D eigenvalue weighted by atomic mass is 10.0. The Balaban J connectivity index is 1.64. The van der Waals surface area contributed by atoms with Gasteiger partial charge >= 0.3 is 0 Å². The Bertz CT molecular complexity index is 981. The lowest BCUT2D eigenvalue weighted by molar-refractivity contribution is 0.187. The van der Waals surface area contributed by atoms with E-state index in [9.17, 15) is 0 Å². The van der Waals surface area contributed by atoms with Crippen molar-refractivity contribution in [1.29, 1.82) is 0 Å². The Labute approximate surface area is 157 Å². The molecule has 0 N–H and O–H groups in total. The maximum absolute atomic E-state index is 5.62. The quantitative estimate of drug-likeness (QED) is 0.641. The summed E-state index contributed by atoms with van der Waals surface area (Å²) in [7, 11) is 3.37. The third kappa shape index (κ3) is 2.97. The second-order valence-corrected chi connectivity index (χ2v) is 6.80. The molecular weight excluding hydrogens is 348 g/mol. The molecule has 2 aromatic heterocycles. The van der Waals surface area contributed by atoms with Crippen LogP contribution in [0.1, 0.15) is 24.4 Å². The van der Waals surface area contributed by atoms with Crippen molar-refractivity contribution >= 4 is 17.9 Å². The second kappa shape index (κ2) is 7.09. The third-order valence-electron chi connectivity index (χ3n) is 4.97. The summed E-state index contributed by atoms with van der Waals surface area (Å²) in [6.45, 7) is 1.68. The van der Waals surface area contributed by atoms with Gasteiger partial charge in [0.25, 0.3) is 0 Å². The number of fused-ring (bicyclic) bond motifs is 1. The van der Waals surface area contributed by atoms with Crippen molar-refractivity contribution in [1.82, 2.24) is 19.1 Å². The summed E-state index contributed by atoms with van der Waals surface area (Å²) < 4.78 is 15.5. The zero-order valence-corrected chi connectivity index (χ0v) is 15.8. The highest BCUT2D eigenvalue weighted by atomic mass is 32.1.